The molecule has 0 aromatic heterocycles. The highest BCUT2D eigenvalue weighted by Gasteiger charge is 2.18. The van der Waals surface area contributed by atoms with Crippen LogP contribution in [0.2, 0.25) is 0 Å². The van der Waals surface area contributed by atoms with E-state index in [1.54, 1.807) is 24.3 Å². The van der Waals surface area contributed by atoms with Crippen molar-refractivity contribution in [3.05, 3.63) is 29.8 Å². The van der Waals surface area contributed by atoms with Gasteiger partial charge < -0.3 is 15.2 Å². The summed E-state index contributed by atoms with van der Waals surface area (Å²) in [5.41, 5.74) is 0.573. The van der Waals surface area contributed by atoms with E-state index in [4.69, 9.17) is 9.84 Å². The number of Topliss-reactive ketones (excluding diaryl/α,β-unsaturated/α-hetero) is 1. The third-order valence-electron chi connectivity index (χ3n) is 3.27. The van der Waals surface area contributed by atoms with E-state index in [1.807, 2.05) is 6.92 Å². The highest BCUT2D eigenvalue weighted by molar-refractivity contribution is 5.94. The fourth-order valence-corrected chi connectivity index (χ4v) is 2.04. The van der Waals surface area contributed by atoms with Crippen LogP contribution in [0, 0.1) is 0 Å². The Balaban J connectivity index is 2.34. The number of carboxylic acid groups (broad SMARTS) is 1. The lowest BCUT2D eigenvalue weighted by atomic mass is 10.1. The van der Waals surface area contributed by atoms with E-state index in [2.05, 4.69) is 5.32 Å². The summed E-state index contributed by atoms with van der Waals surface area (Å²) in [5.74, 6) is -0.776. The van der Waals surface area contributed by atoms with Crippen molar-refractivity contribution in [1.82, 2.24) is 5.32 Å². The highest BCUT2D eigenvalue weighted by atomic mass is 16.5. The van der Waals surface area contributed by atoms with Crippen LogP contribution in [-0.2, 0) is 9.59 Å². The monoisotopic (exact) mass is 321 g/mol. The predicted molar refractivity (Wildman–Crippen MR) is 85.7 cm³/mol. The van der Waals surface area contributed by atoms with Crippen molar-refractivity contribution in [1.29, 1.82) is 0 Å². The molecule has 1 unspecified atom stereocenters. The maximum absolute atomic E-state index is 11.7. The molecule has 0 aliphatic heterocycles. The van der Waals surface area contributed by atoms with Crippen LogP contribution in [0.25, 0.3) is 0 Å². The molecule has 0 heterocycles. The normalized spacial score (nSPS) is 11.6. The van der Waals surface area contributed by atoms with Gasteiger partial charge in [-0.05, 0) is 31.9 Å². The number of amides is 1. The first kappa shape index (κ1) is 18.7. The van der Waals surface area contributed by atoms with Crippen LogP contribution in [0.15, 0.2) is 24.3 Å². The van der Waals surface area contributed by atoms with E-state index < -0.39 is 12.0 Å². The van der Waals surface area contributed by atoms with Gasteiger partial charge in [0.25, 0.3) is 0 Å². The highest BCUT2D eigenvalue weighted by Crippen LogP contribution is 2.14. The van der Waals surface area contributed by atoms with Crippen molar-refractivity contribution in [2.45, 2.75) is 45.6 Å². The molecule has 1 aromatic carbocycles. The SMILES string of the molecule is CCCC(NC(=O)CCCOc1cccc(C(C)=O)c1)C(=O)O. The van der Waals surface area contributed by atoms with E-state index >= 15 is 0 Å². The molecule has 1 amide bonds. The predicted octanol–water partition coefficient (Wildman–Crippen LogP) is 2.42. The second kappa shape index (κ2) is 9.61. The molecule has 0 saturated carbocycles. The number of carboxylic acids is 1. The molecular weight excluding hydrogens is 298 g/mol. The van der Waals surface area contributed by atoms with Gasteiger partial charge in [0.2, 0.25) is 5.91 Å². The molecule has 2 N–H and O–H groups in total. The molecule has 126 valence electrons. The molecule has 1 rings (SSSR count). The summed E-state index contributed by atoms with van der Waals surface area (Å²) in [6.07, 6.45) is 1.76. The lowest BCUT2D eigenvalue weighted by Crippen LogP contribution is -2.40. The molecular formula is C17H23NO5. The molecule has 0 fully saturated rings. The number of benzene rings is 1. The van der Waals surface area contributed by atoms with E-state index in [9.17, 15) is 14.4 Å². The van der Waals surface area contributed by atoms with E-state index in [1.165, 1.54) is 6.92 Å². The number of hydrogen-bond donors (Lipinski definition) is 2. The lowest BCUT2D eigenvalue weighted by molar-refractivity contribution is -0.142. The molecule has 1 aromatic rings. The smallest absolute Gasteiger partial charge is 0.326 e. The zero-order valence-electron chi connectivity index (χ0n) is 13.5. The average molecular weight is 321 g/mol. The summed E-state index contributed by atoms with van der Waals surface area (Å²) in [7, 11) is 0. The second-order valence-electron chi connectivity index (χ2n) is 5.28. The first-order valence-electron chi connectivity index (χ1n) is 7.70. The van der Waals surface area contributed by atoms with Crippen molar-refractivity contribution >= 4 is 17.7 Å². The first-order chi connectivity index (χ1) is 10.9. The summed E-state index contributed by atoms with van der Waals surface area (Å²) < 4.78 is 5.50. The Bertz CT molecular complexity index is 556. The van der Waals surface area contributed by atoms with Gasteiger partial charge in [-0.2, -0.15) is 0 Å². The molecule has 6 nitrogen and oxygen atoms in total. The largest absolute Gasteiger partial charge is 0.494 e. The standard InChI is InChI=1S/C17H23NO5/c1-3-6-15(17(21)22)18-16(20)9-5-10-23-14-8-4-7-13(11-14)12(2)19/h4,7-8,11,15H,3,5-6,9-10H2,1-2H3,(H,18,20)(H,21,22). The Morgan fingerprint density at radius 1 is 1.30 bits per heavy atom. The Labute approximate surface area is 135 Å². The Hall–Kier alpha value is -2.37. The van der Waals surface area contributed by atoms with Gasteiger partial charge in [-0.15, -0.1) is 0 Å². The van der Waals surface area contributed by atoms with Crippen LogP contribution >= 0.6 is 0 Å². The topological polar surface area (TPSA) is 92.7 Å². The summed E-state index contributed by atoms with van der Waals surface area (Å²) in [4.78, 5) is 33.9. The number of carbonyl (C=O) groups is 3. The molecule has 0 bridgehead atoms. The molecule has 0 spiro atoms. The van der Waals surface area contributed by atoms with Crippen molar-refractivity contribution in [2.24, 2.45) is 0 Å². The second-order valence-corrected chi connectivity index (χ2v) is 5.28. The van der Waals surface area contributed by atoms with Gasteiger partial charge in [-0.25, -0.2) is 4.79 Å². The van der Waals surface area contributed by atoms with E-state index in [-0.39, 0.29) is 18.1 Å². The molecule has 0 aliphatic carbocycles. The number of rotatable bonds is 10. The van der Waals surface area contributed by atoms with Crippen LogP contribution in [0.5, 0.6) is 5.75 Å². The fraction of sp³-hybridized carbons (Fsp3) is 0.471. The Morgan fingerprint density at radius 3 is 2.65 bits per heavy atom. The van der Waals surface area contributed by atoms with E-state index in [0.717, 1.165) is 0 Å². The van der Waals surface area contributed by atoms with Gasteiger partial charge in [-0.1, -0.05) is 25.5 Å². The average Bonchev–Trinajstić information content (AvgIpc) is 2.51. The van der Waals surface area contributed by atoms with Crippen LogP contribution < -0.4 is 10.1 Å². The summed E-state index contributed by atoms with van der Waals surface area (Å²) in [6.45, 7) is 3.67. The van der Waals surface area contributed by atoms with Crippen LogP contribution in [-0.4, -0.2) is 35.4 Å². The third-order valence-corrected chi connectivity index (χ3v) is 3.27. The molecule has 0 radical (unpaired) electrons. The quantitative estimate of drug-likeness (QED) is 0.510. The minimum atomic E-state index is -1.02. The summed E-state index contributed by atoms with van der Waals surface area (Å²) >= 11 is 0. The Kier molecular flexibility index (Phi) is 7.80. The fourth-order valence-electron chi connectivity index (χ4n) is 2.04. The maximum atomic E-state index is 11.7. The van der Waals surface area contributed by atoms with Crippen molar-refractivity contribution in [3.8, 4) is 5.75 Å². The van der Waals surface area contributed by atoms with Crippen LogP contribution in [0.1, 0.15) is 49.9 Å². The molecule has 1 atom stereocenters. The molecule has 0 saturated heterocycles. The van der Waals surface area contributed by atoms with Gasteiger partial charge in [-0.3, -0.25) is 9.59 Å². The minimum absolute atomic E-state index is 0.0366. The Morgan fingerprint density at radius 2 is 2.04 bits per heavy atom. The van der Waals surface area contributed by atoms with Crippen molar-refractivity contribution in [2.75, 3.05) is 6.61 Å². The van der Waals surface area contributed by atoms with Gasteiger partial charge in [0.1, 0.15) is 11.8 Å². The maximum Gasteiger partial charge on any atom is 0.326 e. The lowest BCUT2D eigenvalue weighted by Gasteiger charge is -2.13. The van der Waals surface area contributed by atoms with Crippen LogP contribution in [0.4, 0.5) is 0 Å². The van der Waals surface area contributed by atoms with Crippen molar-refractivity contribution in [3.63, 3.8) is 0 Å². The number of carbonyl (C=O) groups excluding carboxylic acids is 2. The first-order valence-corrected chi connectivity index (χ1v) is 7.70. The van der Waals surface area contributed by atoms with Crippen molar-refractivity contribution < 1.29 is 24.2 Å². The van der Waals surface area contributed by atoms with Crippen LogP contribution in [0.3, 0.4) is 0 Å². The van der Waals surface area contributed by atoms with E-state index in [0.29, 0.717) is 37.2 Å². The molecule has 0 aliphatic rings. The summed E-state index contributed by atoms with van der Waals surface area (Å²) in [5, 5.41) is 11.5. The number of ketones is 1. The third kappa shape index (κ3) is 6.95. The van der Waals surface area contributed by atoms with Gasteiger partial charge in [0, 0.05) is 12.0 Å². The van der Waals surface area contributed by atoms with Gasteiger partial charge >= 0.3 is 5.97 Å². The number of nitrogens with one attached hydrogen (secondary N) is 1. The summed E-state index contributed by atoms with van der Waals surface area (Å²) in [6, 6.07) is 6.02. The number of aliphatic carboxylic acids is 1. The molecule has 23 heavy (non-hydrogen) atoms. The van der Waals surface area contributed by atoms with Gasteiger partial charge in [0.05, 0.1) is 6.61 Å². The number of hydrogen-bond acceptors (Lipinski definition) is 4. The zero-order chi connectivity index (χ0) is 17.2. The molecule has 6 heteroatoms. The zero-order valence-corrected chi connectivity index (χ0v) is 13.5. The number of ether oxygens (including phenoxy) is 1. The van der Waals surface area contributed by atoms with Gasteiger partial charge in [0.15, 0.2) is 5.78 Å². The minimum Gasteiger partial charge on any atom is -0.494 e.